The Labute approximate surface area is 203 Å². The third kappa shape index (κ3) is 3.50. The van der Waals surface area contributed by atoms with Gasteiger partial charge < -0.3 is 23.7 Å². The Hall–Kier alpha value is -4.31. The zero-order valence-corrected chi connectivity index (χ0v) is 19.8. The molecule has 0 radical (unpaired) electrons. The van der Waals surface area contributed by atoms with Crippen LogP contribution in [0.5, 0.6) is 17.2 Å². The van der Waals surface area contributed by atoms with E-state index in [-0.39, 0.29) is 11.3 Å². The van der Waals surface area contributed by atoms with Gasteiger partial charge in [-0.05, 0) is 18.2 Å². The maximum Gasteiger partial charge on any atom is 0.296 e. The van der Waals surface area contributed by atoms with E-state index in [4.69, 9.17) is 18.6 Å². The van der Waals surface area contributed by atoms with Gasteiger partial charge in [-0.3, -0.25) is 14.5 Å². The smallest absolute Gasteiger partial charge is 0.296 e. The topological polar surface area (TPSA) is 111 Å². The second-order valence-electron chi connectivity index (χ2n) is 7.56. The Kier molecular flexibility index (Phi) is 5.65. The van der Waals surface area contributed by atoms with E-state index in [0.29, 0.717) is 38.9 Å². The van der Waals surface area contributed by atoms with E-state index in [2.05, 4.69) is 4.98 Å². The molecule has 0 fully saturated rings. The van der Waals surface area contributed by atoms with Crippen LogP contribution in [0, 0.1) is 0 Å². The summed E-state index contributed by atoms with van der Waals surface area (Å²) in [5.74, 6) is -0.962. The average Bonchev–Trinajstić information content (AvgIpc) is 3.61. The summed E-state index contributed by atoms with van der Waals surface area (Å²) in [5, 5.41) is 13.6. The number of aromatic nitrogens is 1. The highest BCUT2D eigenvalue weighted by atomic mass is 32.1. The van der Waals surface area contributed by atoms with Crippen molar-refractivity contribution in [1.82, 2.24) is 4.98 Å². The predicted molar refractivity (Wildman–Crippen MR) is 129 cm³/mol. The maximum atomic E-state index is 13.8. The van der Waals surface area contributed by atoms with Gasteiger partial charge in [-0.25, -0.2) is 4.98 Å². The van der Waals surface area contributed by atoms with Crippen molar-refractivity contribution in [3.63, 3.8) is 0 Å². The lowest BCUT2D eigenvalue weighted by atomic mass is 9.94. The number of fused-ring (bicyclic) bond motifs is 1. The van der Waals surface area contributed by atoms with Crippen molar-refractivity contribution in [3.05, 3.63) is 76.7 Å². The summed E-state index contributed by atoms with van der Waals surface area (Å²) in [7, 11) is 4.45. The summed E-state index contributed by atoms with van der Waals surface area (Å²) >= 11 is 1.20. The lowest BCUT2D eigenvalue weighted by Gasteiger charge is -2.26. The minimum absolute atomic E-state index is 0.0494. The molecular formula is C25H20N2O7S. The van der Waals surface area contributed by atoms with Gasteiger partial charge in [0.1, 0.15) is 6.04 Å². The number of benzene rings is 2. The third-order valence-corrected chi connectivity index (χ3v) is 6.53. The minimum Gasteiger partial charge on any atom is -0.503 e. The Morgan fingerprint density at radius 3 is 2.51 bits per heavy atom. The standard InChI is InChI=1S/C25H20N2O7S/c1-31-15-8-4-6-13-12-17(34-22(13)15)20(28)18-19(14-7-5-9-16(32-2)23(14)33-3)27(24(30)21(18)29)25-26-10-11-35-25/h4-12,19,29H,1-3H3. The van der Waals surface area contributed by atoms with Crippen molar-refractivity contribution >= 4 is 39.1 Å². The largest absolute Gasteiger partial charge is 0.503 e. The Balaban J connectivity index is 1.71. The molecular weight excluding hydrogens is 472 g/mol. The molecule has 2 aromatic heterocycles. The number of ether oxygens (including phenoxy) is 3. The van der Waals surface area contributed by atoms with E-state index in [0.717, 1.165) is 0 Å². The lowest BCUT2D eigenvalue weighted by Crippen LogP contribution is -2.31. The summed E-state index contributed by atoms with van der Waals surface area (Å²) in [6.07, 6.45) is 1.54. The van der Waals surface area contributed by atoms with Gasteiger partial charge in [0.05, 0.1) is 26.9 Å². The molecule has 2 aromatic carbocycles. The second kappa shape index (κ2) is 8.80. The van der Waals surface area contributed by atoms with Crippen LogP contribution in [-0.4, -0.2) is 43.1 Å². The van der Waals surface area contributed by atoms with E-state index < -0.39 is 23.5 Å². The lowest BCUT2D eigenvalue weighted by molar-refractivity contribution is -0.117. The van der Waals surface area contributed by atoms with Gasteiger partial charge in [-0.15, -0.1) is 11.3 Å². The second-order valence-corrected chi connectivity index (χ2v) is 8.43. The number of para-hydroxylation sites is 2. The van der Waals surface area contributed by atoms with E-state index in [9.17, 15) is 14.7 Å². The number of ketones is 1. The first-order valence-electron chi connectivity index (χ1n) is 10.5. The number of methoxy groups -OCH3 is 3. The fraction of sp³-hybridized carbons (Fsp3) is 0.160. The van der Waals surface area contributed by atoms with Crippen LogP contribution in [0.2, 0.25) is 0 Å². The number of Topliss-reactive ketones (excluding diaryl/α,β-unsaturated/α-hetero) is 1. The van der Waals surface area contributed by atoms with Crippen molar-refractivity contribution < 1.29 is 33.3 Å². The van der Waals surface area contributed by atoms with Gasteiger partial charge >= 0.3 is 0 Å². The van der Waals surface area contributed by atoms with Crippen molar-refractivity contribution in [2.75, 3.05) is 26.2 Å². The first-order valence-corrected chi connectivity index (χ1v) is 11.4. The van der Waals surface area contributed by atoms with Crippen molar-refractivity contribution in [2.24, 2.45) is 0 Å². The number of furan rings is 1. The van der Waals surface area contributed by atoms with Crippen LogP contribution in [0.3, 0.4) is 0 Å². The minimum atomic E-state index is -1.04. The van der Waals surface area contributed by atoms with E-state index in [1.165, 1.54) is 43.8 Å². The molecule has 5 rings (SSSR count). The van der Waals surface area contributed by atoms with Crippen LogP contribution < -0.4 is 19.1 Å². The molecule has 4 aromatic rings. The van der Waals surface area contributed by atoms with Crippen LogP contribution in [-0.2, 0) is 4.79 Å². The number of rotatable bonds is 7. The predicted octanol–water partition coefficient (Wildman–Crippen LogP) is 4.70. The Bertz CT molecular complexity index is 1470. The number of thiazole rings is 1. The molecule has 1 N–H and O–H groups in total. The van der Waals surface area contributed by atoms with Gasteiger partial charge in [-0.1, -0.05) is 24.3 Å². The summed E-state index contributed by atoms with van der Waals surface area (Å²) in [6, 6.07) is 10.9. The number of carbonyl (C=O) groups is 2. The number of hydrogen-bond donors (Lipinski definition) is 1. The molecule has 35 heavy (non-hydrogen) atoms. The molecule has 1 aliphatic rings. The van der Waals surface area contributed by atoms with E-state index in [1.807, 2.05) is 0 Å². The van der Waals surface area contributed by atoms with Gasteiger partial charge in [-0.2, -0.15) is 0 Å². The van der Waals surface area contributed by atoms with Gasteiger partial charge in [0.15, 0.2) is 39.5 Å². The summed E-state index contributed by atoms with van der Waals surface area (Å²) in [4.78, 5) is 32.6. The first-order chi connectivity index (χ1) is 17.0. The SMILES string of the molecule is COc1cccc(C2C(C(=O)c3cc4cccc(OC)c4o3)=C(O)C(=O)N2c2nccs2)c1OC. The molecule has 1 aliphatic heterocycles. The molecule has 10 heteroatoms. The highest BCUT2D eigenvalue weighted by molar-refractivity contribution is 7.13. The molecule has 0 spiro atoms. The van der Waals surface area contributed by atoms with Crippen LogP contribution in [0.1, 0.15) is 22.2 Å². The maximum absolute atomic E-state index is 13.8. The number of aliphatic hydroxyl groups excluding tert-OH is 1. The number of anilines is 1. The fourth-order valence-electron chi connectivity index (χ4n) is 4.23. The number of nitrogens with zero attached hydrogens (tertiary/aromatic N) is 2. The van der Waals surface area contributed by atoms with Crippen molar-refractivity contribution in [2.45, 2.75) is 6.04 Å². The van der Waals surface area contributed by atoms with Crippen LogP contribution in [0.15, 0.2) is 69.8 Å². The number of carbonyl (C=O) groups excluding carboxylic acids is 2. The monoisotopic (exact) mass is 492 g/mol. The van der Waals surface area contributed by atoms with Crippen LogP contribution in [0.4, 0.5) is 5.13 Å². The van der Waals surface area contributed by atoms with E-state index in [1.54, 1.807) is 47.8 Å². The van der Waals surface area contributed by atoms with Crippen LogP contribution in [0.25, 0.3) is 11.0 Å². The van der Waals surface area contributed by atoms with Gasteiger partial charge in [0, 0.05) is 22.5 Å². The molecule has 0 saturated heterocycles. The molecule has 3 heterocycles. The summed E-state index contributed by atoms with van der Waals surface area (Å²) in [6.45, 7) is 0. The summed E-state index contributed by atoms with van der Waals surface area (Å²) in [5.41, 5.74) is 0.668. The Morgan fingerprint density at radius 2 is 1.83 bits per heavy atom. The normalized spacial score (nSPS) is 15.7. The van der Waals surface area contributed by atoms with Gasteiger partial charge in [0.2, 0.25) is 5.78 Å². The average molecular weight is 493 g/mol. The number of aliphatic hydroxyl groups is 1. The van der Waals surface area contributed by atoms with Crippen LogP contribution >= 0.6 is 11.3 Å². The molecule has 1 amide bonds. The molecule has 9 nitrogen and oxygen atoms in total. The molecule has 0 aliphatic carbocycles. The quantitative estimate of drug-likeness (QED) is 0.370. The third-order valence-electron chi connectivity index (χ3n) is 5.76. The number of amides is 1. The fourth-order valence-corrected chi connectivity index (χ4v) is 4.90. The van der Waals surface area contributed by atoms with Crippen molar-refractivity contribution in [3.8, 4) is 17.2 Å². The molecule has 178 valence electrons. The highest BCUT2D eigenvalue weighted by Gasteiger charge is 2.47. The first kappa shape index (κ1) is 22.5. The summed E-state index contributed by atoms with van der Waals surface area (Å²) < 4.78 is 22.2. The Morgan fingerprint density at radius 1 is 1.09 bits per heavy atom. The zero-order valence-electron chi connectivity index (χ0n) is 19.0. The molecule has 0 bridgehead atoms. The molecule has 1 atom stereocenters. The molecule has 1 unspecified atom stereocenters. The highest BCUT2D eigenvalue weighted by Crippen LogP contribution is 2.47. The zero-order chi connectivity index (χ0) is 24.7. The van der Waals surface area contributed by atoms with Gasteiger partial charge in [0.25, 0.3) is 5.91 Å². The number of hydrogen-bond acceptors (Lipinski definition) is 9. The van der Waals surface area contributed by atoms with Crippen molar-refractivity contribution in [1.29, 1.82) is 0 Å². The van der Waals surface area contributed by atoms with E-state index >= 15 is 0 Å². The molecule has 0 saturated carbocycles.